The first kappa shape index (κ1) is 17.9. The van der Waals surface area contributed by atoms with Crippen molar-refractivity contribution in [3.63, 3.8) is 0 Å². The molecular weight excluding hydrogens is 378 g/mol. The molecule has 0 atom stereocenters. The summed E-state index contributed by atoms with van der Waals surface area (Å²) in [6.07, 6.45) is 0. The Morgan fingerprint density at radius 3 is 2.17 bits per heavy atom. The summed E-state index contributed by atoms with van der Waals surface area (Å²) < 4.78 is 0. The van der Waals surface area contributed by atoms with Crippen molar-refractivity contribution in [2.24, 2.45) is 0 Å². The molecule has 0 unspecified atom stereocenters. The number of aromatic nitrogens is 1. The number of aliphatic hydroxyl groups is 1. The van der Waals surface area contributed by atoms with Crippen LogP contribution in [0, 0.1) is 0 Å². The van der Waals surface area contributed by atoms with Gasteiger partial charge in [0.05, 0.1) is 11.1 Å². The van der Waals surface area contributed by atoms with Crippen molar-refractivity contribution in [3.05, 3.63) is 104 Å². The van der Waals surface area contributed by atoms with Crippen LogP contribution in [0.5, 0.6) is 0 Å². The number of carbonyl (C=O) groups is 1. The molecule has 1 aliphatic carbocycles. The fourth-order valence-electron chi connectivity index (χ4n) is 4.12. The fraction of sp³-hybridized carbons (Fsp3) is 0.0400. The SMILES string of the molecule is CC(=O)c1c2c3ccccc3c(=O)c3ccc(=C(O)c4ccccc4)c(nc1=O)c3-2. The zero-order valence-electron chi connectivity index (χ0n) is 16.0. The molecule has 0 spiro atoms. The Kier molecular flexibility index (Phi) is 3.86. The Morgan fingerprint density at radius 2 is 1.47 bits per heavy atom. The van der Waals surface area contributed by atoms with Crippen molar-refractivity contribution < 1.29 is 9.90 Å². The minimum atomic E-state index is -0.673. The molecule has 144 valence electrons. The van der Waals surface area contributed by atoms with Gasteiger partial charge in [-0.15, -0.1) is 0 Å². The van der Waals surface area contributed by atoms with E-state index in [0.717, 1.165) is 0 Å². The maximum Gasteiger partial charge on any atom is 0.281 e. The van der Waals surface area contributed by atoms with E-state index in [0.29, 0.717) is 38.1 Å². The van der Waals surface area contributed by atoms with Gasteiger partial charge in [0.15, 0.2) is 11.2 Å². The number of pyridine rings is 1. The smallest absolute Gasteiger partial charge is 0.281 e. The number of fused-ring (bicyclic) bond motifs is 2. The Labute approximate surface area is 170 Å². The van der Waals surface area contributed by atoms with Crippen LogP contribution < -0.4 is 16.2 Å². The lowest BCUT2D eigenvalue weighted by Crippen LogP contribution is -2.25. The molecule has 0 saturated carbocycles. The molecule has 5 nitrogen and oxygen atoms in total. The normalized spacial score (nSPS) is 12.6. The minimum Gasteiger partial charge on any atom is -0.507 e. The lowest BCUT2D eigenvalue weighted by atomic mass is 9.86. The second-order valence-corrected chi connectivity index (χ2v) is 7.20. The summed E-state index contributed by atoms with van der Waals surface area (Å²) >= 11 is 0. The van der Waals surface area contributed by atoms with Gasteiger partial charge in [-0.2, -0.15) is 0 Å². The summed E-state index contributed by atoms with van der Waals surface area (Å²) in [4.78, 5) is 42.6. The van der Waals surface area contributed by atoms with E-state index < -0.39 is 11.3 Å². The number of benzene rings is 4. The van der Waals surface area contributed by atoms with Gasteiger partial charge in [-0.3, -0.25) is 14.4 Å². The highest BCUT2D eigenvalue weighted by molar-refractivity contribution is 6.17. The van der Waals surface area contributed by atoms with Gasteiger partial charge in [0.1, 0.15) is 5.76 Å². The number of hydrogen-bond acceptors (Lipinski definition) is 5. The van der Waals surface area contributed by atoms with Crippen molar-refractivity contribution in [2.75, 3.05) is 0 Å². The predicted octanol–water partition coefficient (Wildman–Crippen LogP) is 3.29. The molecular formula is C25H15NO4. The second kappa shape index (κ2) is 6.46. The Bertz CT molecular complexity index is 1610. The third kappa shape index (κ3) is 2.42. The molecule has 3 aromatic carbocycles. The molecule has 5 heteroatoms. The molecule has 0 amide bonds. The number of nitrogens with zero attached hydrogens (tertiary/aromatic N) is 1. The van der Waals surface area contributed by atoms with Crippen LogP contribution in [-0.2, 0) is 0 Å². The fourth-order valence-corrected chi connectivity index (χ4v) is 4.12. The van der Waals surface area contributed by atoms with E-state index in [2.05, 4.69) is 4.98 Å². The van der Waals surface area contributed by atoms with E-state index in [4.69, 9.17) is 0 Å². The van der Waals surface area contributed by atoms with Crippen molar-refractivity contribution in [2.45, 2.75) is 6.92 Å². The van der Waals surface area contributed by atoms with Gasteiger partial charge in [-0.05, 0) is 24.4 Å². The Balaban J connectivity index is 2.11. The van der Waals surface area contributed by atoms with E-state index in [1.807, 2.05) is 6.07 Å². The first-order valence-corrected chi connectivity index (χ1v) is 9.43. The van der Waals surface area contributed by atoms with Crippen LogP contribution in [0.1, 0.15) is 22.8 Å². The highest BCUT2D eigenvalue weighted by atomic mass is 16.3. The standard InChI is InChI=1S/C25H15NO4/c1-13(27)19-20-15-9-5-6-10-16(15)24(29)17-11-12-18(22(21(17)20)26-25(19)30)23(28)14-7-3-2-4-8-14/h2-12,28H,1H3. The van der Waals surface area contributed by atoms with Crippen molar-refractivity contribution in [1.29, 1.82) is 0 Å². The molecule has 30 heavy (non-hydrogen) atoms. The van der Waals surface area contributed by atoms with Crippen molar-refractivity contribution in [3.8, 4) is 11.1 Å². The first-order valence-electron chi connectivity index (χ1n) is 9.43. The molecule has 5 rings (SSSR count). The lowest BCUT2D eigenvalue weighted by molar-refractivity contribution is 0.101. The molecule has 3 aromatic rings. The van der Waals surface area contributed by atoms with Crippen LogP contribution in [0.4, 0.5) is 0 Å². The summed E-state index contributed by atoms with van der Waals surface area (Å²) in [7, 11) is 0. The Hall–Kier alpha value is -4.12. The van der Waals surface area contributed by atoms with Gasteiger partial charge in [0.2, 0.25) is 0 Å². The van der Waals surface area contributed by atoms with Gasteiger partial charge < -0.3 is 5.11 Å². The molecule has 2 aliphatic rings. The number of Topliss-reactive ketones (excluding diaryl/α,β-unsaturated/α-hetero) is 1. The summed E-state index contributed by atoms with van der Waals surface area (Å²) in [6, 6.07) is 19.0. The third-order valence-corrected chi connectivity index (χ3v) is 5.45. The maximum atomic E-state index is 13.2. The molecule has 0 radical (unpaired) electrons. The van der Waals surface area contributed by atoms with Gasteiger partial charge >= 0.3 is 0 Å². The molecule has 0 bridgehead atoms. The maximum absolute atomic E-state index is 13.2. The molecule has 0 saturated heterocycles. The van der Waals surface area contributed by atoms with E-state index in [1.165, 1.54) is 6.92 Å². The van der Waals surface area contributed by atoms with Crippen LogP contribution in [0.15, 0.2) is 76.3 Å². The van der Waals surface area contributed by atoms with Crippen molar-refractivity contribution >= 4 is 33.2 Å². The Morgan fingerprint density at radius 1 is 0.800 bits per heavy atom. The van der Waals surface area contributed by atoms with E-state index >= 15 is 0 Å². The van der Waals surface area contributed by atoms with Crippen LogP contribution in [0.3, 0.4) is 0 Å². The topological polar surface area (TPSA) is 84.3 Å². The van der Waals surface area contributed by atoms with E-state index in [-0.39, 0.29) is 22.3 Å². The van der Waals surface area contributed by atoms with Gasteiger partial charge in [0, 0.05) is 32.7 Å². The highest BCUT2D eigenvalue weighted by Crippen LogP contribution is 2.36. The van der Waals surface area contributed by atoms with Crippen LogP contribution in [0.2, 0.25) is 0 Å². The largest absolute Gasteiger partial charge is 0.507 e. The highest BCUT2D eigenvalue weighted by Gasteiger charge is 2.26. The number of hydrogen-bond donors (Lipinski definition) is 1. The summed E-state index contributed by atoms with van der Waals surface area (Å²) in [5, 5.41) is 12.6. The van der Waals surface area contributed by atoms with E-state index in [9.17, 15) is 19.5 Å². The molecule has 1 aliphatic heterocycles. The molecule has 1 N–H and O–H groups in total. The first-order chi connectivity index (χ1) is 14.5. The number of aliphatic hydroxyl groups excluding tert-OH is 1. The summed E-state index contributed by atoms with van der Waals surface area (Å²) in [5.74, 6) is -0.469. The van der Waals surface area contributed by atoms with Crippen molar-refractivity contribution in [1.82, 2.24) is 4.98 Å². The van der Waals surface area contributed by atoms with Crippen LogP contribution in [-0.4, -0.2) is 15.9 Å². The predicted molar refractivity (Wildman–Crippen MR) is 116 cm³/mol. The number of ketones is 1. The molecule has 1 heterocycles. The summed E-state index contributed by atoms with van der Waals surface area (Å²) in [6.45, 7) is 1.32. The molecule has 0 fully saturated rings. The van der Waals surface area contributed by atoms with Gasteiger partial charge in [0.25, 0.3) is 5.56 Å². The second-order valence-electron chi connectivity index (χ2n) is 7.20. The summed E-state index contributed by atoms with van der Waals surface area (Å²) in [5.41, 5.74) is 0.676. The zero-order chi connectivity index (χ0) is 21.0. The lowest BCUT2D eigenvalue weighted by Gasteiger charge is -2.17. The minimum absolute atomic E-state index is 0.0416. The van der Waals surface area contributed by atoms with Crippen LogP contribution in [0.25, 0.3) is 38.6 Å². The molecule has 0 aromatic heterocycles. The quantitative estimate of drug-likeness (QED) is 0.283. The monoisotopic (exact) mass is 393 g/mol. The zero-order valence-corrected chi connectivity index (χ0v) is 16.0. The average molecular weight is 393 g/mol. The van der Waals surface area contributed by atoms with E-state index in [1.54, 1.807) is 60.7 Å². The van der Waals surface area contributed by atoms with Crippen LogP contribution >= 0.6 is 0 Å². The third-order valence-electron chi connectivity index (χ3n) is 5.45. The van der Waals surface area contributed by atoms with Gasteiger partial charge in [-0.25, -0.2) is 4.98 Å². The van der Waals surface area contributed by atoms with Gasteiger partial charge in [-0.1, -0.05) is 54.6 Å². The number of carbonyl (C=O) groups excluding carboxylic acids is 1. The number of rotatable bonds is 2. The average Bonchev–Trinajstić information content (AvgIpc) is 2.76.